The summed E-state index contributed by atoms with van der Waals surface area (Å²) in [4.78, 5) is 0. The summed E-state index contributed by atoms with van der Waals surface area (Å²) in [6.45, 7) is 0. The molecule has 7 heteroatoms. The molecule has 0 fully saturated rings. The van der Waals surface area contributed by atoms with Gasteiger partial charge in [-0.2, -0.15) is 0 Å². The molecule has 1 radical (unpaired) electrons. The van der Waals surface area contributed by atoms with E-state index in [4.69, 9.17) is 0 Å². The Morgan fingerprint density at radius 2 is 0.429 bits per heavy atom. The molecule has 0 aromatic rings. The fourth-order valence-corrected chi connectivity index (χ4v) is 0. The van der Waals surface area contributed by atoms with Gasteiger partial charge in [-0.05, 0) is 0 Å². The van der Waals surface area contributed by atoms with E-state index in [0.29, 0.717) is 0 Å². The first kappa shape index (κ1) is 235. The van der Waals surface area contributed by atoms with Gasteiger partial charge in [0.25, 0.3) is 0 Å². The number of hydrogen-bond acceptors (Lipinski definition) is 0. The first-order chi connectivity index (χ1) is 0. The number of rotatable bonds is 0. The molecule has 0 aliphatic carbocycles. The zero-order valence-electron chi connectivity index (χ0n) is 2.77. The summed E-state index contributed by atoms with van der Waals surface area (Å²) in [7, 11) is 0. The van der Waals surface area contributed by atoms with Crippen LogP contribution in [0.1, 0.15) is 0 Å². The molecule has 0 aromatic carbocycles. The Kier molecular flexibility index (Phi) is 5200. The van der Waals surface area contributed by atoms with Gasteiger partial charge in [-0.3, -0.25) is 0 Å². The average molecular weight is 229 g/mol. The van der Waals surface area contributed by atoms with E-state index in [1.54, 1.807) is 0 Å². The summed E-state index contributed by atoms with van der Waals surface area (Å²) in [6.07, 6.45) is 0. The standard InChI is InChI=1S/3Mn.4O/q;2*+3;4*-2. The van der Waals surface area contributed by atoms with Crippen molar-refractivity contribution in [2.24, 2.45) is 0 Å². The fraction of sp³-hybridized carbons (Fsp3) is 0. The largest absolute Gasteiger partial charge is 3.00 e. The van der Waals surface area contributed by atoms with E-state index in [1.807, 2.05) is 0 Å². The zero-order chi connectivity index (χ0) is 0. The summed E-state index contributed by atoms with van der Waals surface area (Å²) < 4.78 is 0. The third-order valence-corrected chi connectivity index (χ3v) is 0. The molecule has 7 heavy (non-hydrogen) atoms. The van der Waals surface area contributed by atoms with Gasteiger partial charge < -0.3 is 21.9 Å². The maximum Gasteiger partial charge on any atom is 3.00 e. The van der Waals surface area contributed by atoms with Crippen molar-refractivity contribution in [2.45, 2.75) is 0 Å². The van der Waals surface area contributed by atoms with Crippen molar-refractivity contribution in [2.75, 3.05) is 0 Å². The second kappa shape index (κ2) is 155. The van der Waals surface area contributed by atoms with Gasteiger partial charge in [0, 0.05) is 17.1 Å². The van der Waals surface area contributed by atoms with E-state index in [0.717, 1.165) is 0 Å². The normalized spacial score (nSPS) is 0. The molecule has 0 atom stereocenters. The molecule has 0 heterocycles. The maximum absolute atomic E-state index is 0. The van der Waals surface area contributed by atoms with Crippen molar-refractivity contribution in [1.29, 1.82) is 0 Å². The van der Waals surface area contributed by atoms with Crippen molar-refractivity contribution in [1.82, 2.24) is 0 Å². The van der Waals surface area contributed by atoms with Crippen molar-refractivity contribution in [3.63, 3.8) is 0 Å². The minimum absolute atomic E-state index is 0. The molecular formula is Mn3O4-2. The Hall–Kier alpha value is 1.40. The second-order valence-corrected chi connectivity index (χ2v) is 0. The number of hydrogen-bond donors (Lipinski definition) is 0. The molecule has 0 aliphatic rings. The summed E-state index contributed by atoms with van der Waals surface area (Å²) in [6, 6.07) is 0. The third-order valence-electron chi connectivity index (χ3n) is 0. The molecule has 0 amide bonds. The summed E-state index contributed by atoms with van der Waals surface area (Å²) >= 11 is 0. The van der Waals surface area contributed by atoms with Crippen LogP contribution in [0.25, 0.3) is 0 Å². The molecule has 47 valence electrons. The second-order valence-electron chi connectivity index (χ2n) is 0. The summed E-state index contributed by atoms with van der Waals surface area (Å²) in [5.74, 6) is 0. The average Bonchev–Trinajstić information content (AvgIpc) is 0. The zero-order valence-corrected chi connectivity index (χ0v) is 6.31. The molecule has 0 rings (SSSR count). The van der Waals surface area contributed by atoms with Crippen molar-refractivity contribution < 1.29 is 73.1 Å². The van der Waals surface area contributed by atoms with Gasteiger partial charge in [0.1, 0.15) is 0 Å². The molecule has 0 bridgehead atoms. The van der Waals surface area contributed by atoms with Crippen LogP contribution in [-0.4, -0.2) is 0 Å². The Bertz CT molecular complexity index is 6.90. The van der Waals surface area contributed by atoms with Crippen LogP contribution in [0.15, 0.2) is 0 Å². The van der Waals surface area contributed by atoms with E-state index in [1.165, 1.54) is 0 Å². The van der Waals surface area contributed by atoms with Crippen LogP contribution >= 0.6 is 0 Å². The quantitative estimate of drug-likeness (QED) is 0.499. The van der Waals surface area contributed by atoms with E-state index in [9.17, 15) is 0 Å². The molecule has 0 aromatic heterocycles. The molecule has 4 nitrogen and oxygen atoms in total. The van der Waals surface area contributed by atoms with Crippen LogP contribution < -0.4 is 0 Å². The molecule has 0 saturated heterocycles. The SMILES string of the molecule is [Mn+3].[Mn+3].[Mn].[O-2].[O-2].[O-2].[O-2]. The van der Waals surface area contributed by atoms with Gasteiger partial charge >= 0.3 is 34.1 Å². The topological polar surface area (TPSA) is 114 Å². The Balaban J connectivity index is 0. The summed E-state index contributed by atoms with van der Waals surface area (Å²) in [5, 5.41) is 0. The first-order valence-corrected chi connectivity index (χ1v) is 0. The molecule has 0 spiro atoms. The molecule has 0 saturated carbocycles. The Morgan fingerprint density at radius 1 is 0.429 bits per heavy atom. The Labute approximate surface area is 73.1 Å². The summed E-state index contributed by atoms with van der Waals surface area (Å²) in [5.41, 5.74) is 0. The minimum atomic E-state index is 0. The smallest absolute Gasteiger partial charge is 2.00 e. The van der Waals surface area contributed by atoms with Gasteiger partial charge in [-0.1, -0.05) is 0 Å². The molecule has 0 N–H and O–H groups in total. The van der Waals surface area contributed by atoms with Crippen molar-refractivity contribution in [3.05, 3.63) is 0 Å². The Morgan fingerprint density at radius 3 is 0.429 bits per heavy atom. The van der Waals surface area contributed by atoms with E-state index < -0.39 is 0 Å². The monoisotopic (exact) mass is 229 g/mol. The van der Waals surface area contributed by atoms with Crippen molar-refractivity contribution >= 4 is 0 Å². The van der Waals surface area contributed by atoms with Gasteiger partial charge in [-0.25, -0.2) is 0 Å². The van der Waals surface area contributed by atoms with E-state index in [-0.39, 0.29) is 73.1 Å². The first-order valence-electron chi connectivity index (χ1n) is 0. The van der Waals surface area contributed by atoms with Crippen LogP contribution in [0, 0.1) is 0 Å². The van der Waals surface area contributed by atoms with Crippen LogP contribution in [0.5, 0.6) is 0 Å². The molecule has 0 unspecified atom stereocenters. The van der Waals surface area contributed by atoms with Crippen LogP contribution in [0.3, 0.4) is 0 Å². The predicted octanol–water partition coefficient (Wildman–Crippen LogP) is -0.483. The minimum Gasteiger partial charge on any atom is -2.00 e. The predicted molar refractivity (Wildman–Crippen MR) is 2.75 cm³/mol. The van der Waals surface area contributed by atoms with E-state index in [2.05, 4.69) is 0 Å². The fourth-order valence-electron chi connectivity index (χ4n) is 0. The van der Waals surface area contributed by atoms with Gasteiger partial charge in [0.2, 0.25) is 0 Å². The van der Waals surface area contributed by atoms with E-state index >= 15 is 0 Å². The van der Waals surface area contributed by atoms with Crippen LogP contribution in [0.4, 0.5) is 0 Å². The maximum atomic E-state index is 0. The molecule has 0 aliphatic heterocycles. The van der Waals surface area contributed by atoms with Crippen LogP contribution in [0.2, 0.25) is 0 Å². The van der Waals surface area contributed by atoms with Crippen molar-refractivity contribution in [3.8, 4) is 0 Å². The van der Waals surface area contributed by atoms with Crippen LogP contribution in [-0.2, 0) is 73.1 Å². The molecular weight excluding hydrogens is 229 g/mol. The van der Waals surface area contributed by atoms with Gasteiger partial charge in [0.05, 0.1) is 0 Å². The van der Waals surface area contributed by atoms with Gasteiger partial charge in [0.15, 0.2) is 0 Å². The third kappa shape index (κ3) is 110. The van der Waals surface area contributed by atoms with Gasteiger partial charge in [-0.15, -0.1) is 0 Å².